The first-order valence-corrected chi connectivity index (χ1v) is 7.92. The molecular weight excluding hydrogens is 280 g/mol. The van der Waals surface area contributed by atoms with Gasteiger partial charge in [-0.05, 0) is 25.7 Å². The van der Waals surface area contributed by atoms with E-state index in [2.05, 4.69) is 9.71 Å². The standard InChI is InChI=1S/C13H22N2O4S/c1-6-13(4,5)7-14-20(18,19)11-8(2)10(12(16)17)15-9(11)3/h14-15H,6-7H2,1-5H3,(H,16,17). The highest BCUT2D eigenvalue weighted by atomic mass is 32.2. The minimum Gasteiger partial charge on any atom is -0.477 e. The summed E-state index contributed by atoms with van der Waals surface area (Å²) in [6.07, 6.45) is 0.834. The largest absolute Gasteiger partial charge is 0.477 e. The zero-order chi connectivity index (χ0) is 15.7. The lowest BCUT2D eigenvalue weighted by molar-refractivity contribution is 0.0690. The molecule has 0 radical (unpaired) electrons. The Morgan fingerprint density at radius 3 is 2.30 bits per heavy atom. The lowest BCUT2D eigenvalue weighted by Gasteiger charge is -2.22. The van der Waals surface area contributed by atoms with E-state index in [-0.39, 0.29) is 21.6 Å². The molecule has 0 saturated carbocycles. The number of carboxylic acid groups (broad SMARTS) is 1. The van der Waals surface area contributed by atoms with Crippen molar-refractivity contribution in [2.24, 2.45) is 5.41 Å². The van der Waals surface area contributed by atoms with E-state index < -0.39 is 16.0 Å². The number of sulfonamides is 1. The number of hydrogen-bond acceptors (Lipinski definition) is 3. The zero-order valence-electron chi connectivity index (χ0n) is 12.5. The van der Waals surface area contributed by atoms with Gasteiger partial charge < -0.3 is 10.1 Å². The Hall–Kier alpha value is -1.34. The van der Waals surface area contributed by atoms with Crippen molar-refractivity contribution < 1.29 is 18.3 Å². The molecule has 20 heavy (non-hydrogen) atoms. The average Bonchev–Trinajstić information content (AvgIpc) is 2.63. The van der Waals surface area contributed by atoms with Crippen LogP contribution in [0.4, 0.5) is 0 Å². The van der Waals surface area contributed by atoms with Gasteiger partial charge in [0.05, 0.1) is 0 Å². The molecule has 0 aliphatic carbocycles. The molecule has 1 aromatic rings. The van der Waals surface area contributed by atoms with Crippen LogP contribution in [0.15, 0.2) is 4.90 Å². The second-order valence-electron chi connectivity index (χ2n) is 5.73. The fraction of sp³-hybridized carbons (Fsp3) is 0.615. The van der Waals surface area contributed by atoms with Crippen LogP contribution in [0.25, 0.3) is 0 Å². The number of nitrogens with one attached hydrogen (secondary N) is 2. The Labute approximate surface area is 119 Å². The van der Waals surface area contributed by atoms with Crippen molar-refractivity contribution in [2.45, 2.75) is 45.9 Å². The Bertz CT molecular complexity index is 615. The van der Waals surface area contributed by atoms with Gasteiger partial charge in [0, 0.05) is 17.8 Å². The van der Waals surface area contributed by atoms with Crippen molar-refractivity contribution in [3.63, 3.8) is 0 Å². The van der Waals surface area contributed by atoms with E-state index in [1.807, 2.05) is 20.8 Å². The molecule has 3 N–H and O–H groups in total. The maximum Gasteiger partial charge on any atom is 0.352 e. The van der Waals surface area contributed by atoms with E-state index in [4.69, 9.17) is 5.11 Å². The number of aromatic carboxylic acids is 1. The number of hydrogen-bond donors (Lipinski definition) is 3. The summed E-state index contributed by atoms with van der Waals surface area (Å²) < 4.78 is 27.3. The molecule has 1 aromatic heterocycles. The summed E-state index contributed by atoms with van der Waals surface area (Å²) in [7, 11) is -3.72. The Morgan fingerprint density at radius 2 is 1.90 bits per heavy atom. The fourth-order valence-electron chi connectivity index (χ4n) is 1.84. The van der Waals surface area contributed by atoms with E-state index in [1.54, 1.807) is 6.92 Å². The predicted octanol–water partition coefficient (Wildman–Crippen LogP) is 2.04. The van der Waals surface area contributed by atoms with Crippen LogP contribution in [0, 0.1) is 19.3 Å². The normalized spacial score (nSPS) is 12.7. The SMILES string of the molecule is CCC(C)(C)CNS(=O)(=O)c1c(C)[nH]c(C(=O)O)c1C. The molecule has 0 atom stereocenters. The van der Waals surface area contributed by atoms with Gasteiger partial charge in [-0.25, -0.2) is 17.9 Å². The number of H-pyrrole nitrogens is 1. The summed E-state index contributed by atoms with van der Waals surface area (Å²) in [5.74, 6) is -1.17. The molecule has 7 heteroatoms. The van der Waals surface area contributed by atoms with Crippen LogP contribution in [-0.2, 0) is 10.0 Å². The molecule has 0 aromatic carbocycles. The highest BCUT2D eigenvalue weighted by Crippen LogP contribution is 2.24. The van der Waals surface area contributed by atoms with Crippen LogP contribution in [0.2, 0.25) is 0 Å². The molecule has 0 spiro atoms. The van der Waals surface area contributed by atoms with Gasteiger partial charge in [-0.2, -0.15) is 0 Å². The zero-order valence-corrected chi connectivity index (χ0v) is 13.3. The highest BCUT2D eigenvalue weighted by Gasteiger charge is 2.28. The summed E-state index contributed by atoms with van der Waals surface area (Å²) in [5.41, 5.74) is 0.331. The molecule has 0 aliphatic heterocycles. The van der Waals surface area contributed by atoms with Crippen LogP contribution in [0.1, 0.15) is 48.9 Å². The van der Waals surface area contributed by atoms with Crippen molar-refractivity contribution >= 4 is 16.0 Å². The summed E-state index contributed by atoms with van der Waals surface area (Å²) >= 11 is 0. The van der Waals surface area contributed by atoms with Gasteiger partial charge in [-0.3, -0.25) is 0 Å². The van der Waals surface area contributed by atoms with Crippen molar-refractivity contribution in [2.75, 3.05) is 6.54 Å². The van der Waals surface area contributed by atoms with Crippen LogP contribution >= 0.6 is 0 Å². The average molecular weight is 302 g/mol. The van der Waals surface area contributed by atoms with Crippen molar-refractivity contribution in [3.8, 4) is 0 Å². The Morgan fingerprint density at radius 1 is 1.35 bits per heavy atom. The molecule has 1 rings (SSSR count). The van der Waals surface area contributed by atoms with Crippen molar-refractivity contribution in [1.82, 2.24) is 9.71 Å². The maximum absolute atomic E-state index is 12.3. The lowest BCUT2D eigenvalue weighted by Crippen LogP contribution is -2.34. The van der Waals surface area contributed by atoms with Gasteiger partial charge in [-0.1, -0.05) is 20.8 Å². The lowest BCUT2D eigenvalue weighted by atomic mass is 9.91. The Kier molecular flexibility index (Phi) is 4.66. The van der Waals surface area contributed by atoms with Crippen LogP contribution in [0.3, 0.4) is 0 Å². The van der Waals surface area contributed by atoms with Crippen LogP contribution in [-0.4, -0.2) is 31.0 Å². The molecule has 0 fully saturated rings. The molecule has 0 saturated heterocycles. The molecule has 0 unspecified atom stereocenters. The summed E-state index contributed by atoms with van der Waals surface area (Å²) in [6, 6.07) is 0. The third-order valence-electron chi connectivity index (χ3n) is 3.55. The number of aryl methyl sites for hydroxylation is 1. The molecule has 0 bridgehead atoms. The smallest absolute Gasteiger partial charge is 0.352 e. The summed E-state index contributed by atoms with van der Waals surface area (Å²) in [5, 5.41) is 9.02. The molecule has 0 aliphatic rings. The number of rotatable bonds is 6. The molecule has 6 nitrogen and oxygen atoms in total. The molecule has 1 heterocycles. The van der Waals surface area contributed by atoms with E-state index in [0.717, 1.165) is 6.42 Å². The second kappa shape index (κ2) is 5.57. The van der Waals surface area contributed by atoms with Gasteiger partial charge >= 0.3 is 5.97 Å². The van der Waals surface area contributed by atoms with Crippen LogP contribution < -0.4 is 4.72 Å². The van der Waals surface area contributed by atoms with Gasteiger partial charge in [0.15, 0.2) is 0 Å². The number of aromatic nitrogens is 1. The summed E-state index contributed by atoms with van der Waals surface area (Å²) in [6.45, 7) is 9.28. The van der Waals surface area contributed by atoms with E-state index in [0.29, 0.717) is 12.2 Å². The molecular formula is C13H22N2O4S. The number of carboxylic acids is 1. The summed E-state index contributed by atoms with van der Waals surface area (Å²) in [4.78, 5) is 13.7. The quantitative estimate of drug-likeness (QED) is 0.748. The minimum atomic E-state index is -3.72. The van der Waals surface area contributed by atoms with E-state index in [1.165, 1.54) is 6.92 Å². The predicted molar refractivity (Wildman–Crippen MR) is 76.5 cm³/mol. The van der Waals surface area contributed by atoms with Crippen molar-refractivity contribution in [1.29, 1.82) is 0 Å². The van der Waals surface area contributed by atoms with E-state index >= 15 is 0 Å². The fourth-order valence-corrected chi connectivity index (χ4v) is 3.52. The van der Waals surface area contributed by atoms with Gasteiger partial charge in [0.1, 0.15) is 10.6 Å². The molecule has 0 amide bonds. The maximum atomic E-state index is 12.3. The van der Waals surface area contributed by atoms with Gasteiger partial charge in [0.2, 0.25) is 10.0 Å². The van der Waals surface area contributed by atoms with Crippen molar-refractivity contribution in [3.05, 3.63) is 17.0 Å². The van der Waals surface area contributed by atoms with Gasteiger partial charge in [-0.15, -0.1) is 0 Å². The Balaban J connectivity index is 3.14. The third kappa shape index (κ3) is 3.40. The highest BCUT2D eigenvalue weighted by molar-refractivity contribution is 7.89. The molecule has 114 valence electrons. The van der Waals surface area contributed by atoms with Gasteiger partial charge in [0.25, 0.3) is 0 Å². The monoisotopic (exact) mass is 302 g/mol. The topological polar surface area (TPSA) is 99.3 Å². The van der Waals surface area contributed by atoms with E-state index in [9.17, 15) is 13.2 Å². The first-order chi connectivity index (χ1) is 9.02. The van der Waals surface area contributed by atoms with Crippen LogP contribution in [0.5, 0.6) is 0 Å². The first kappa shape index (κ1) is 16.7. The minimum absolute atomic E-state index is 0.0294. The third-order valence-corrected chi connectivity index (χ3v) is 5.22. The number of carbonyl (C=O) groups is 1. The number of aromatic amines is 1. The second-order valence-corrected chi connectivity index (χ2v) is 7.43. The first-order valence-electron chi connectivity index (χ1n) is 6.44.